The number of carboxylic acid groups (broad SMARTS) is 1. The van der Waals surface area contributed by atoms with Crippen LogP contribution in [0, 0.1) is 18.8 Å². The number of fused-ring (bicyclic) bond motifs is 1. The van der Waals surface area contributed by atoms with Crippen LogP contribution >= 0.6 is 11.6 Å². The van der Waals surface area contributed by atoms with Crippen molar-refractivity contribution in [3.05, 3.63) is 88.1 Å². The molecule has 1 N–H and O–H groups in total. The van der Waals surface area contributed by atoms with Gasteiger partial charge in [-0.3, -0.25) is 4.79 Å². The molecule has 2 aliphatic rings. The van der Waals surface area contributed by atoms with Gasteiger partial charge >= 0.3 is 5.97 Å². The normalized spacial score (nSPS) is 19.2. The number of allylic oxidation sites excluding steroid dienone is 4. The number of halogens is 1. The zero-order valence-corrected chi connectivity index (χ0v) is 22.9. The highest BCUT2D eigenvalue weighted by atomic mass is 35.5. The van der Waals surface area contributed by atoms with Crippen molar-refractivity contribution in [3.8, 4) is 16.9 Å². The molecule has 0 spiro atoms. The fourth-order valence-corrected chi connectivity index (χ4v) is 5.89. The Morgan fingerprint density at radius 2 is 2.05 bits per heavy atom. The lowest BCUT2D eigenvalue weighted by Crippen LogP contribution is -2.20. The highest BCUT2D eigenvalue weighted by Gasteiger charge is 2.34. The van der Waals surface area contributed by atoms with E-state index < -0.39 is 5.97 Å². The summed E-state index contributed by atoms with van der Waals surface area (Å²) in [6.45, 7) is 6.55. The molecule has 0 fully saturated rings. The van der Waals surface area contributed by atoms with Crippen LogP contribution < -0.4 is 4.74 Å². The third kappa shape index (κ3) is 5.30. The van der Waals surface area contributed by atoms with E-state index in [2.05, 4.69) is 37.3 Å². The molecule has 2 aromatic carbocycles. The lowest BCUT2D eigenvalue weighted by Gasteiger charge is -2.21. The Labute approximate surface area is 229 Å². The summed E-state index contributed by atoms with van der Waals surface area (Å²) in [6, 6.07) is 12.0. The SMILES string of the molecule is CCC(C(=O)O)C1CCc2cc(OCCc3nc(C4=CC=CCC4C)oc3C)c(-c3ccc(Cl)cc3)cc21. The molecule has 0 saturated heterocycles. The Balaban J connectivity index is 1.40. The van der Waals surface area contributed by atoms with Crippen LogP contribution in [0.2, 0.25) is 5.02 Å². The molecule has 5 nitrogen and oxygen atoms in total. The highest BCUT2D eigenvalue weighted by Crippen LogP contribution is 2.45. The molecular formula is C32H34ClNO4. The number of nitrogens with zero attached hydrogens (tertiary/aromatic N) is 1. The van der Waals surface area contributed by atoms with E-state index in [1.807, 2.05) is 38.1 Å². The van der Waals surface area contributed by atoms with Crippen LogP contribution in [0.15, 0.2) is 59.0 Å². The number of hydrogen-bond donors (Lipinski definition) is 1. The van der Waals surface area contributed by atoms with E-state index in [0.717, 1.165) is 58.7 Å². The van der Waals surface area contributed by atoms with Crippen molar-refractivity contribution in [3.63, 3.8) is 0 Å². The average molecular weight is 532 g/mol. The molecule has 38 heavy (non-hydrogen) atoms. The van der Waals surface area contributed by atoms with Crippen LogP contribution in [0.25, 0.3) is 16.7 Å². The van der Waals surface area contributed by atoms with Crippen molar-refractivity contribution >= 4 is 23.1 Å². The second-order valence-electron chi connectivity index (χ2n) is 10.4. The van der Waals surface area contributed by atoms with E-state index in [-0.39, 0.29) is 11.8 Å². The highest BCUT2D eigenvalue weighted by molar-refractivity contribution is 6.30. The van der Waals surface area contributed by atoms with Crippen molar-refractivity contribution in [2.24, 2.45) is 11.8 Å². The van der Waals surface area contributed by atoms with Gasteiger partial charge in [0.05, 0.1) is 18.2 Å². The summed E-state index contributed by atoms with van der Waals surface area (Å²) < 4.78 is 12.4. The first-order valence-electron chi connectivity index (χ1n) is 13.5. The van der Waals surface area contributed by atoms with E-state index in [4.69, 9.17) is 25.7 Å². The standard InChI is InChI=1S/C32H34ClNO4/c1-4-24(32(35)36)26-14-11-22-17-30(28(18-27(22)26)21-9-12-23(33)13-10-21)37-16-15-29-20(3)38-31(34-29)25-8-6-5-7-19(25)2/h5-6,8-10,12-13,17-19,24,26H,4,7,11,14-16H2,1-3H3,(H,35,36). The van der Waals surface area contributed by atoms with Crippen LogP contribution in [0.4, 0.5) is 0 Å². The number of carboxylic acids is 1. The lowest BCUT2D eigenvalue weighted by atomic mass is 9.84. The molecule has 0 bridgehead atoms. The van der Waals surface area contributed by atoms with E-state index in [1.54, 1.807) is 0 Å². The molecule has 6 heteroatoms. The van der Waals surface area contributed by atoms with Gasteiger partial charge in [0.15, 0.2) is 0 Å². The first-order valence-corrected chi connectivity index (χ1v) is 13.8. The number of hydrogen-bond acceptors (Lipinski definition) is 4. The summed E-state index contributed by atoms with van der Waals surface area (Å²) >= 11 is 6.16. The van der Waals surface area contributed by atoms with Crippen LogP contribution in [-0.4, -0.2) is 22.7 Å². The van der Waals surface area contributed by atoms with Crippen LogP contribution in [0.1, 0.15) is 67.5 Å². The number of rotatable bonds is 9. The van der Waals surface area contributed by atoms with E-state index in [0.29, 0.717) is 36.3 Å². The summed E-state index contributed by atoms with van der Waals surface area (Å²) in [6.07, 6.45) is 10.2. The molecule has 3 atom stereocenters. The number of oxazole rings is 1. The molecule has 1 heterocycles. The van der Waals surface area contributed by atoms with Crippen molar-refractivity contribution in [1.29, 1.82) is 0 Å². The monoisotopic (exact) mass is 531 g/mol. The molecule has 3 aromatic rings. The van der Waals surface area contributed by atoms with Gasteiger partial charge in [-0.1, -0.05) is 55.8 Å². The van der Waals surface area contributed by atoms with Crippen LogP contribution in [0.5, 0.6) is 5.75 Å². The summed E-state index contributed by atoms with van der Waals surface area (Å²) in [7, 11) is 0. The lowest BCUT2D eigenvalue weighted by molar-refractivity contribution is -0.142. The number of aryl methyl sites for hydroxylation is 2. The van der Waals surface area contributed by atoms with Gasteiger partial charge in [0.2, 0.25) is 5.89 Å². The zero-order valence-electron chi connectivity index (χ0n) is 22.2. The van der Waals surface area contributed by atoms with Gasteiger partial charge in [0.1, 0.15) is 11.5 Å². The molecule has 0 amide bonds. The Hall–Kier alpha value is -3.31. The Kier molecular flexibility index (Phi) is 7.75. The molecule has 198 valence electrons. The summed E-state index contributed by atoms with van der Waals surface area (Å²) in [5.41, 5.74) is 6.29. The van der Waals surface area contributed by atoms with Gasteiger partial charge in [-0.05, 0) is 85.4 Å². The van der Waals surface area contributed by atoms with Crippen molar-refractivity contribution < 1.29 is 19.1 Å². The van der Waals surface area contributed by atoms with Gasteiger partial charge in [0, 0.05) is 22.6 Å². The fraction of sp³-hybridized carbons (Fsp3) is 0.375. The Morgan fingerprint density at radius 3 is 2.76 bits per heavy atom. The van der Waals surface area contributed by atoms with Crippen LogP contribution in [-0.2, 0) is 17.6 Å². The fourth-order valence-electron chi connectivity index (χ4n) is 5.76. The second kappa shape index (κ2) is 11.2. The minimum Gasteiger partial charge on any atom is -0.493 e. The maximum absolute atomic E-state index is 12.0. The molecule has 3 unspecified atom stereocenters. The summed E-state index contributed by atoms with van der Waals surface area (Å²) in [5, 5.41) is 10.5. The second-order valence-corrected chi connectivity index (χ2v) is 10.8. The number of aliphatic carboxylic acids is 1. The van der Waals surface area contributed by atoms with Gasteiger partial charge in [-0.2, -0.15) is 0 Å². The third-order valence-corrected chi connectivity index (χ3v) is 8.18. The summed E-state index contributed by atoms with van der Waals surface area (Å²) in [5.74, 6) is 1.59. The molecule has 0 aliphatic heterocycles. The first kappa shape index (κ1) is 26.3. The molecule has 0 radical (unpaired) electrons. The minimum absolute atomic E-state index is 0.00938. The van der Waals surface area contributed by atoms with E-state index in [9.17, 15) is 9.90 Å². The molecule has 0 saturated carbocycles. The largest absolute Gasteiger partial charge is 0.493 e. The van der Waals surface area contributed by atoms with Crippen molar-refractivity contribution in [2.45, 2.75) is 58.8 Å². The van der Waals surface area contributed by atoms with Gasteiger partial charge < -0.3 is 14.3 Å². The quantitative estimate of drug-likeness (QED) is 0.302. The van der Waals surface area contributed by atoms with Gasteiger partial charge in [-0.25, -0.2) is 4.98 Å². The topological polar surface area (TPSA) is 72.6 Å². The predicted molar refractivity (Wildman–Crippen MR) is 151 cm³/mol. The smallest absolute Gasteiger partial charge is 0.307 e. The maximum Gasteiger partial charge on any atom is 0.307 e. The molecule has 1 aromatic heterocycles. The van der Waals surface area contributed by atoms with Gasteiger partial charge in [-0.15, -0.1) is 0 Å². The van der Waals surface area contributed by atoms with Crippen molar-refractivity contribution in [2.75, 3.05) is 6.61 Å². The molecule has 2 aliphatic carbocycles. The molecular weight excluding hydrogens is 498 g/mol. The van der Waals surface area contributed by atoms with Gasteiger partial charge in [0.25, 0.3) is 0 Å². The predicted octanol–water partition coefficient (Wildman–Crippen LogP) is 8.04. The van der Waals surface area contributed by atoms with E-state index >= 15 is 0 Å². The van der Waals surface area contributed by atoms with Crippen molar-refractivity contribution in [1.82, 2.24) is 4.98 Å². The number of benzene rings is 2. The average Bonchev–Trinajstić information content (AvgIpc) is 3.47. The van der Waals surface area contributed by atoms with E-state index in [1.165, 1.54) is 5.56 Å². The number of carbonyl (C=O) groups is 1. The molecule has 5 rings (SSSR count). The third-order valence-electron chi connectivity index (χ3n) is 7.93. The minimum atomic E-state index is -0.726. The maximum atomic E-state index is 12.0. The number of aromatic nitrogens is 1. The Morgan fingerprint density at radius 1 is 1.26 bits per heavy atom. The Bertz CT molecular complexity index is 1390. The first-order chi connectivity index (χ1) is 18.4. The van der Waals surface area contributed by atoms with Crippen LogP contribution in [0.3, 0.4) is 0 Å². The zero-order chi connectivity index (χ0) is 26.8. The number of ether oxygens (including phenoxy) is 1. The summed E-state index contributed by atoms with van der Waals surface area (Å²) in [4.78, 5) is 16.8.